The van der Waals surface area contributed by atoms with Gasteiger partial charge < -0.3 is 15.8 Å². The van der Waals surface area contributed by atoms with Crippen molar-refractivity contribution >= 4 is 11.5 Å². The van der Waals surface area contributed by atoms with E-state index < -0.39 is 0 Å². The van der Waals surface area contributed by atoms with Crippen LogP contribution in [-0.2, 0) is 0 Å². The van der Waals surface area contributed by atoms with Crippen LogP contribution in [0.3, 0.4) is 0 Å². The Bertz CT molecular complexity index is 512. The number of anilines is 1. The molecule has 110 valence electrons. The van der Waals surface area contributed by atoms with E-state index in [0.29, 0.717) is 17.9 Å². The molecule has 3 N–H and O–H groups in total. The maximum Gasteiger partial charge on any atom is 0.172 e. The molecule has 1 aromatic carbocycles. The molecule has 3 atom stereocenters. The molecule has 0 spiro atoms. The van der Waals surface area contributed by atoms with Gasteiger partial charge >= 0.3 is 0 Å². The van der Waals surface area contributed by atoms with Gasteiger partial charge in [0, 0.05) is 18.2 Å². The van der Waals surface area contributed by atoms with E-state index in [2.05, 4.69) is 43.8 Å². The third-order valence-electron chi connectivity index (χ3n) is 4.51. The summed E-state index contributed by atoms with van der Waals surface area (Å²) in [4.78, 5) is 2.42. The summed E-state index contributed by atoms with van der Waals surface area (Å²) in [5, 5.41) is 12.2. The number of piperidine rings is 1. The van der Waals surface area contributed by atoms with Crippen LogP contribution in [0.4, 0.5) is 5.69 Å². The van der Waals surface area contributed by atoms with Gasteiger partial charge in [0.15, 0.2) is 5.84 Å². The van der Waals surface area contributed by atoms with Crippen molar-refractivity contribution in [3.63, 3.8) is 0 Å². The first kappa shape index (κ1) is 14.7. The van der Waals surface area contributed by atoms with E-state index in [1.165, 1.54) is 12.0 Å². The Hall–Kier alpha value is -1.71. The van der Waals surface area contributed by atoms with Crippen LogP contribution in [0, 0.1) is 18.8 Å². The van der Waals surface area contributed by atoms with Gasteiger partial charge in [-0.25, -0.2) is 0 Å². The first-order chi connectivity index (χ1) is 9.45. The Morgan fingerprint density at radius 1 is 1.35 bits per heavy atom. The highest BCUT2D eigenvalue weighted by Crippen LogP contribution is 2.35. The molecule has 0 aromatic heterocycles. The van der Waals surface area contributed by atoms with Gasteiger partial charge in [0.05, 0.1) is 5.69 Å². The molecular formula is C16H25N3O. The third-order valence-corrected chi connectivity index (χ3v) is 4.51. The molecule has 0 amide bonds. The predicted molar refractivity (Wildman–Crippen MR) is 83.4 cm³/mol. The molecular weight excluding hydrogens is 250 g/mol. The van der Waals surface area contributed by atoms with Crippen molar-refractivity contribution in [1.29, 1.82) is 0 Å². The van der Waals surface area contributed by atoms with Crippen LogP contribution < -0.4 is 10.6 Å². The van der Waals surface area contributed by atoms with Gasteiger partial charge in [-0.1, -0.05) is 31.1 Å². The summed E-state index contributed by atoms with van der Waals surface area (Å²) in [7, 11) is 0. The lowest BCUT2D eigenvalue weighted by atomic mass is 9.85. The second kappa shape index (κ2) is 5.73. The first-order valence-corrected chi connectivity index (χ1v) is 7.29. The van der Waals surface area contributed by atoms with E-state index in [1.807, 2.05) is 12.1 Å². The van der Waals surface area contributed by atoms with Gasteiger partial charge in [0.1, 0.15) is 0 Å². The summed E-state index contributed by atoms with van der Waals surface area (Å²) in [6, 6.07) is 6.42. The zero-order valence-corrected chi connectivity index (χ0v) is 12.8. The van der Waals surface area contributed by atoms with Crippen LogP contribution in [0.25, 0.3) is 0 Å². The Morgan fingerprint density at radius 2 is 2.05 bits per heavy atom. The normalized spacial score (nSPS) is 27.7. The fourth-order valence-corrected chi connectivity index (χ4v) is 3.31. The lowest BCUT2D eigenvalue weighted by Gasteiger charge is -2.44. The molecule has 0 radical (unpaired) electrons. The minimum Gasteiger partial charge on any atom is -0.409 e. The van der Waals surface area contributed by atoms with Crippen molar-refractivity contribution in [1.82, 2.24) is 0 Å². The first-order valence-electron chi connectivity index (χ1n) is 7.29. The number of benzene rings is 1. The molecule has 1 saturated heterocycles. The van der Waals surface area contributed by atoms with E-state index >= 15 is 0 Å². The second-order valence-corrected chi connectivity index (χ2v) is 6.17. The number of hydrogen-bond donors (Lipinski definition) is 2. The average Bonchev–Trinajstić information content (AvgIpc) is 2.42. The van der Waals surface area contributed by atoms with Crippen molar-refractivity contribution < 1.29 is 5.21 Å². The lowest BCUT2D eigenvalue weighted by molar-refractivity contribution is 0.296. The quantitative estimate of drug-likeness (QED) is 0.377. The van der Waals surface area contributed by atoms with Crippen LogP contribution in [0.15, 0.2) is 23.4 Å². The van der Waals surface area contributed by atoms with E-state index in [4.69, 9.17) is 10.9 Å². The molecule has 0 saturated carbocycles. The molecule has 1 aliphatic rings. The third kappa shape index (κ3) is 2.60. The summed E-state index contributed by atoms with van der Waals surface area (Å²) < 4.78 is 0. The van der Waals surface area contributed by atoms with Crippen molar-refractivity contribution in [2.75, 3.05) is 11.4 Å². The summed E-state index contributed by atoms with van der Waals surface area (Å²) in [6.07, 6.45) is 1.25. The fraction of sp³-hybridized carbons (Fsp3) is 0.562. The van der Waals surface area contributed by atoms with Crippen molar-refractivity contribution in [3.8, 4) is 0 Å². The monoisotopic (exact) mass is 275 g/mol. The SMILES string of the molecule is Cc1cccc(/C(N)=N/O)c1N1CC(C)CC(C)C1C. The summed E-state index contributed by atoms with van der Waals surface area (Å²) in [5.41, 5.74) is 8.95. The molecule has 4 heteroatoms. The molecule has 1 fully saturated rings. The average molecular weight is 275 g/mol. The zero-order valence-electron chi connectivity index (χ0n) is 12.8. The number of amidine groups is 1. The standard InChI is InChI=1S/C16H25N3O/c1-10-8-12(3)13(4)19(9-10)15-11(2)6-5-7-14(15)16(17)18-20/h5-7,10,12-13,20H,8-9H2,1-4H3,(H2,17,18). The highest BCUT2D eigenvalue weighted by molar-refractivity contribution is 6.02. The Balaban J connectivity index is 2.50. The maximum atomic E-state index is 9.02. The van der Waals surface area contributed by atoms with Gasteiger partial charge in [0.25, 0.3) is 0 Å². The van der Waals surface area contributed by atoms with Crippen molar-refractivity contribution in [2.45, 2.75) is 40.2 Å². The van der Waals surface area contributed by atoms with E-state index in [1.54, 1.807) is 0 Å². The fourth-order valence-electron chi connectivity index (χ4n) is 3.31. The van der Waals surface area contributed by atoms with Crippen LogP contribution in [0.2, 0.25) is 0 Å². The number of nitrogens with two attached hydrogens (primary N) is 1. The Morgan fingerprint density at radius 3 is 2.70 bits per heavy atom. The van der Waals surface area contributed by atoms with Crippen LogP contribution in [0.5, 0.6) is 0 Å². The zero-order chi connectivity index (χ0) is 14.9. The number of hydrogen-bond acceptors (Lipinski definition) is 3. The molecule has 1 aromatic rings. The molecule has 20 heavy (non-hydrogen) atoms. The van der Waals surface area contributed by atoms with Crippen molar-refractivity contribution in [3.05, 3.63) is 29.3 Å². The van der Waals surface area contributed by atoms with Gasteiger partial charge in [-0.15, -0.1) is 0 Å². The van der Waals surface area contributed by atoms with Gasteiger partial charge in [0.2, 0.25) is 0 Å². The van der Waals surface area contributed by atoms with Gasteiger partial charge in [-0.05, 0) is 43.7 Å². The number of aryl methyl sites for hydroxylation is 1. The van der Waals surface area contributed by atoms with E-state index in [-0.39, 0.29) is 5.84 Å². The molecule has 1 heterocycles. The summed E-state index contributed by atoms with van der Waals surface area (Å²) in [6.45, 7) is 9.95. The van der Waals surface area contributed by atoms with Gasteiger partial charge in [-0.2, -0.15) is 0 Å². The van der Waals surface area contributed by atoms with E-state index in [9.17, 15) is 0 Å². The molecule has 1 aliphatic heterocycles. The summed E-state index contributed by atoms with van der Waals surface area (Å²) in [5.74, 6) is 1.47. The predicted octanol–water partition coefficient (Wildman–Crippen LogP) is 2.96. The largest absolute Gasteiger partial charge is 0.409 e. The highest BCUT2D eigenvalue weighted by atomic mass is 16.4. The Kier molecular flexibility index (Phi) is 4.21. The maximum absolute atomic E-state index is 9.02. The molecule has 0 aliphatic carbocycles. The van der Waals surface area contributed by atoms with Crippen molar-refractivity contribution in [2.24, 2.45) is 22.7 Å². The lowest BCUT2D eigenvalue weighted by Crippen LogP contribution is -2.47. The second-order valence-electron chi connectivity index (χ2n) is 6.17. The number of para-hydroxylation sites is 1. The molecule has 2 rings (SSSR count). The van der Waals surface area contributed by atoms with Crippen LogP contribution >= 0.6 is 0 Å². The van der Waals surface area contributed by atoms with Crippen LogP contribution in [-0.4, -0.2) is 23.6 Å². The number of nitrogens with zero attached hydrogens (tertiary/aromatic N) is 2. The molecule has 0 bridgehead atoms. The van der Waals surface area contributed by atoms with Crippen LogP contribution in [0.1, 0.15) is 38.3 Å². The summed E-state index contributed by atoms with van der Waals surface area (Å²) >= 11 is 0. The Labute approximate surface area is 121 Å². The minimum absolute atomic E-state index is 0.182. The van der Waals surface area contributed by atoms with Gasteiger partial charge in [-0.3, -0.25) is 0 Å². The molecule has 3 unspecified atom stereocenters. The smallest absolute Gasteiger partial charge is 0.172 e. The topological polar surface area (TPSA) is 61.9 Å². The van der Waals surface area contributed by atoms with E-state index in [0.717, 1.165) is 17.8 Å². The minimum atomic E-state index is 0.182. The highest BCUT2D eigenvalue weighted by Gasteiger charge is 2.31. The number of oxime groups is 1. The molecule has 4 nitrogen and oxygen atoms in total. The number of rotatable bonds is 2.